The molecule has 1 N–H and O–H groups in total. The van der Waals surface area contributed by atoms with Gasteiger partial charge in [0.05, 0.1) is 18.6 Å². The van der Waals surface area contributed by atoms with Crippen LogP contribution >= 0.6 is 11.3 Å². The van der Waals surface area contributed by atoms with Crippen molar-refractivity contribution in [2.45, 2.75) is 32.2 Å². The molecular weight excluding hydrogens is 507 g/mol. The first kappa shape index (κ1) is 25.0. The molecule has 2 aromatic heterocycles. The number of aromatic nitrogens is 3. The van der Waals surface area contributed by atoms with E-state index in [0.717, 1.165) is 40.3 Å². The van der Waals surface area contributed by atoms with E-state index in [9.17, 15) is 18.0 Å². The number of hydrogen-bond acceptors (Lipinski definition) is 8. The van der Waals surface area contributed by atoms with Gasteiger partial charge in [-0.25, -0.2) is 15.0 Å². The maximum atomic E-state index is 13.2. The van der Waals surface area contributed by atoms with Gasteiger partial charge in [0.2, 0.25) is 5.82 Å². The van der Waals surface area contributed by atoms with E-state index >= 15 is 0 Å². The van der Waals surface area contributed by atoms with Gasteiger partial charge in [-0.2, -0.15) is 13.2 Å². The van der Waals surface area contributed by atoms with E-state index in [1.165, 1.54) is 11.3 Å². The quantitative estimate of drug-likeness (QED) is 0.497. The number of hydrogen-bond donors (Lipinski definition) is 1. The molecule has 8 nitrogen and oxygen atoms in total. The fraction of sp³-hybridized carbons (Fsp3) is 0.360. The van der Waals surface area contributed by atoms with Crippen molar-refractivity contribution in [2.75, 3.05) is 20.2 Å². The summed E-state index contributed by atoms with van der Waals surface area (Å²) in [6.07, 6.45) is 0.990. The fourth-order valence-corrected chi connectivity index (χ4v) is 4.97. The predicted octanol–water partition coefficient (Wildman–Crippen LogP) is 4.60. The molecule has 3 aromatic rings. The molecule has 3 aliphatic rings. The molecule has 1 fully saturated rings. The number of halogens is 3. The van der Waals surface area contributed by atoms with Crippen LogP contribution in [0.4, 0.5) is 13.2 Å². The van der Waals surface area contributed by atoms with Crippen molar-refractivity contribution >= 4 is 17.2 Å². The Kier molecular flexibility index (Phi) is 6.52. The summed E-state index contributed by atoms with van der Waals surface area (Å²) in [7, 11) is 1.96. The molecule has 5 heterocycles. The highest BCUT2D eigenvalue weighted by Gasteiger charge is 2.36. The van der Waals surface area contributed by atoms with Crippen molar-refractivity contribution in [3.05, 3.63) is 70.6 Å². The predicted molar refractivity (Wildman–Crippen MR) is 130 cm³/mol. The molecule has 12 heteroatoms. The second-order valence-electron chi connectivity index (χ2n) is 9.09. The Morgan fingerprint density at radius 2 is 1.97 bits per heavy atom. The molecular formula is C25H24F3N5O3S. The molecule has 6 rings (SSSR count). The number of fused-ring (bicyclic) bond motifs is 3. The van der Waals surface area contributed by atoms with Gasteiger partial charge in [-0.3, -0.25) is 4.79 Å². The molecule has 0 radical (unpaired) electrons. The van der Waals surface area contributed by atoms with Crippen molar-refractivity contribution in [1.29, 1.82) is 0 Å². The van der Waals surface area contributed by atoms with E-state index in [4.69, 9.17) is 9.47 Å². The zero-order valence-electron chi connectivity index (χ0n) is 20.2. The van der Waals surface area contributed by atoms with Crippen molar-refractivity contribution < 1.29 is 27.4 Å². The van der Waals surface area contributed by atoms with Crippen molar-refractivity contribution in [1.82, 2.24) is 25.2 Å². The van der Waals surface area contributed by atoms with Gasteiger partial charge in [0.25, 0.3) is 5.91 Å². The summed E-state index contributed by atoms with van der Waals surface area (Å²) in [5.41, 5.74) is 1.41. The van der Waals surface area contributed by atoms with Gasteiger partial charge in [-0.1, -0.05) is 0 Å². The monoisotopic (exact) mass is 531 g/mol. The third-order valence-corrected chi connectivity index (χ3v) is 7.15. The number of rotatable bonds is 6. The number of nitrogens with zero attached hydrogens (tertiary/aromatic N) is 4. The third kappa shape index (κ3) is 5.38. The number of aryl methyl sites for hydroxylation is 1. The van der Waals surface area contributed by atoms with Crippen LogP contribution in [0, 0.1) is 12.8 Å². The Balaban J connectivity index is 1.40. The molecule has 1 saturated heterocycles. The Morgan fingerprint density at radius 3 is 2.57 bits per heavy atom. The van der Waals surface area contributed by atoms with E-state index in [1.807, 2.05) is 31.0 Å². The number of carbonyl (C=O) groups is 1. The van der Waals surface area contributed by atoms with Gasteiger partial charge in [0, 0.05) is 59.8 Å². The van der Waals surface area contributed by atoms with Crippen molar-refractivity contribution in [3.63, 3.8) is 0 Å². The van der Waals surface area contributed by atoms with Crippen molar-refractivity contribution in [3.8, 4) is 16.3 Å². The van der Waals surface area contributed by atoms with Gasteiger partial charge in [-0.15, -0.1) is 11.3 Å². The number of thiazole rings is 1. The van der Waals surface area contributed by atoms with E-state index in [1.54, 1.807) is 25.3 Å². The lowest BCUT2D eigenvalue weighted by Crippen LogP contribution is -2.47. The standard InChI is InChI=1S/C25H24F3N5O3S/c1-13-8-29-23(37-13)16-4-15(5-19(6-16)36-20-7-21-33(3)11-18(20)12-35-21)22(34)32-14(2)17-9-30-24(31-10-17)25(26,27)28/h4-10,14,18,20H,11-12H2,1-3H3,(H,32,34)/t14-,18?,20?/m1/s1. The van der Waals surface area contributed by atoms with Crippen LogP contribution in [-0.4, -0.2) is 52.1 Å². The molecule has 1 amide bonds. The van der Waals surface area contributed by atoms with Gasteiger partial charge in [0.1, 0.15) is 16.9 Å². The maximum absolute atomic E-state index is 13.2. The minimum absolute atomic E-state index is 0.144. The number of nitrogens with one attached hydrogen (secondary N) is 1. The number of amides is 1. The first-order valence-electron chi connectivity index (χ1n) is 11.6. The molecule has 0 saturated carbocycles. The lowest BCUT2D eigenvalue weighted by Gasteiger charge is -2.41. The normalized spacial score (nSPS) is 19.7. The number of carbonyl (C=O) groups excluding carboxylic acids is 1. The molecule has 2 unspecified atom stereocenters. The van der Waals surface area contributed by atoms with Gasteiger partial charge in [-0.05, 0) is 32.0 Å². The van der Waals surface area contributed by atoms with E-state index in [2.05, 4.69) is 20.3 Å². The van der Waals surface area contributed by atoms with Gasteiger partial charge >= 0.3 is 6.18 Å². The summed E-state index contributed by atoms with van der Waals surface area (Å²) in [6, 6.07) is 4.60. The Morgan fingerprint density at radius 1 is 1.22 bits per heavy atom. The first-order valence-corrected chi connectivity index (χ1v) is 12.4. The zero-order chi connectivity index (χ0) is 26.3. The van der Waals surface area contributed by atoms with Crippen LogP contribution in [0.3, 0.4) is 0 Å². The lowest BCUT2D eigenvalue weighted by molar-refractivity contribution is -0.145. The molecule has 2 bridgehead atoms. The largest absolute Gasteiger partial charge is 0.486 e. The molecule has 0 spiro atoms. The van der Waals surface area contributed by atoms with Crippen LogP contribution in [-0.2, 0) is 10.9 Å². The van der Waals surface area contributed by atoms with Crippen LogP contribution < -0.4 is 10.1 Å². The maximum Gasteiger partial charge on any atom is 0.451 e. The fourth-order valence-electron chi connectivity index (χ4n) is 4.22. The minimum Gasteiger partial charge on any atom is -0.486 e. The van der Waals surface area contributed by atoms with Crippen LogP contribution in [0.25, 0.3) is 10.6 Å². The van der Waals surface area contributed by atoms with Gasteiger partial charge < -0.3 is 19.7 Å². The topological polar surface area (TPSA) is 89.5 Å². The Labute approximate surface area is 215 Å². The second-order valence-corrected chi connectivity index (χ2v) is 10.3. The summed E-state index contributed by atoms with van der Waals surface area (Å²) in [5.74, 6) is -0.224. The summed E-state index contributed by atoms with van der Waals surface area (Å²) >= 11 is 1.50. The number of alkyl halides is 3. The average Bonchev–Trinajstić information content (AvgIpc) is 3.30. The number of benzene rings is 1. The van der Waals surface area contributed by atoms with E-state index in [-0.39, 0.29) is 12.0 Å². The summed E-state index contributed by atoms with van der Waals surface area (Å²) in [4.78, 5) is 27.5. The molecule has 0 aliphatic carbocycles. The molecule has 3 aliphatic heterocycles. The van der Waals surface area contributed by atoms with E-state index in [0.29, 0.717) is 23.5 Å². The van der Waals surface area contributed by atoms with Crippen LogP contribution in [0.1, 0.15) is 39.6 Å². The van der Waals surface area contributed by atoms with Crippen molar-refractivity contribution in [2.24, 2.45) is 5.92 Å². The highest BCUT2D eigenvalue weighted by molar-refractivity contribution is 7.14. The Bertz CT molecular complexity index is 1340. The molecule has 1 aromatic carbocycles. The summed E-state index contributed by atoms with van der Waals surface area (Å²) in [5, 5.41) is 3.55. The van der Waals surface area contributed by atoms with Gasteiger partial charge in [0.15, 0.2) is 5.88 Å². The highest BCUT2D eigenvalue weighted by atomic mass is 32.1. The summed E-state index contributed by atoms with van der Waals surface area (Å²) in [6.45, 7) is 4.97. The lowest BCUT2D eigenvalue weighted by atomic mass is 9.97. The second kappa shape index (κ2) is 9.66. The third-order valence-electron chi connectivity index (χ3n) is 6.18. The molecule has 3 atom stereocenters. The summed E-state index contributed by atoms with van der Waals surface area (Å²) < 4.78 is 50.4. The Hall–Kier alpha value is -3.67. The highest BCUT2D eigenvalue weighted by Crippen LogP contribution is 2.34. The molecule has 37 heavy (non-hydrogen) atoms. The number of ether oxygens (including phenoxy) is 2. The van der Waals surface area contributed by atoms with Crippen LogP contribution in [0.2, 0.25) is 0 Å². The van der Waals surface area contributed by atoms with Crippen LogP contribution in [0.5, 0.6) is 5.75 Å². The first-order chi connectivity index (χ1) is 17.6. The zero-order valence-corrected chi connectivity index (χ0v) is 21.1. The van der Waals surface area contributed by atoms with E-state index < -0.39 is 23.9 Å². The average molecular weight is 532 g/mol. The minimum atomic E-state index is -4.63. The molecule has 194 valence electrons. The van der Waals surface area contributed by atoms with Crippen LogP contribution in [0.15, 0.2) is 48.7 Å². The smallest absolute Gasteiger partial charge is 0.451 e. The SMILES string of the molecule is Cc1cnc(-c2cc(OC3C=C4OCC3CN4C)cc(C(=O)N[C@H](C)c3cnc(C(F)(F)F)nc3)c2)s1.